The molecule has 0 unspecified atom stereocenters. The predicted octanol–water partition coefficient (Wildman–Crippen LogP) is 3.91. The fourth-order valence-corrected chi connectivity index (χ4v) is 5.32. The smallest absolute Gasteiger partial charge is 0.409 e. The largest absolute Gasteiger partial charge is 0.449 e. The number of benzene rings is 2. The van der Waals surface area contributed by atoms with Crippen molar-refractivity contribution in [3.8, 4) is 22.4 Å². The average molecular weight is 613 g/mol. The third-order valence-electron chi connectivity index (χ3n) is 6.90. The molecule has 1 atom stereocenters. The van der Waals surface area contributed by atoms with E-state index in [1.165, 1.54) is 40.1 Å². The number of pyridine rings is 1. The van der Waals surface area contributed by atoms with Crippen LogP contribution in [0.5, 0.6) is 0 Å². The first-order valence-corrected chi connectivity index (χ1v) is 15.7. The number of nitrogens with zero attached hydrogens (tertiary/aromatic N) is 3. The van der Waals surface area contributed by atoms with Crippen molar-refractivity contribution < 1.29 is 37.9 Å². The molecule has 0 radical (unpaired) electrons. The van der Waals surface area contributed by atoms with Gasteiger partial charge in [0, 0.05) is 31.7 Å². The van der Waals surface area contributed by atoms with E-state index in [4.69, 9.17) is 4.74 Å². The monoisotopic (exact) mass is 612 g/mol. The van der Waals surface area contributed by atoms with Crippen LogP contribution in [-0.2, 0) is 14.1 Å². The summed E-state index contributed by atoms with van der Waals surface area (Å²) in [6, 6.07) is 16.5. The van der Waals surface area contributed by atoms with Gasteiger partial charge in [0.05, 0.1) is 18.5 Å². The molecule has 43 heavy (non-hydrogen) atoms. The van der Waals surface area contributed by atoms with Crippen LogP contribution in [0.1, 0.15) is 30.3 Å². The lowest BCUT2D eigenvalue weighted by Crippen LogP contribution is -2.56. The summed E-state index contributed by atoms with van der Waals surface area (Å²) in [4.78, 5) is 65.9. The van der Waals surface area contributed by atoms with Gasteiger partial charge in [-0.25, -0.2) is 14.2 Å². The number of rotatable bonds is 10. The Morgan fingerprint density at radius 3 is 2.23 bits per heavy atom. The molecule has 2 aromatic carbocycles. The van der Waals surface area contributed by atoms with Crippen molar-refractivity contribution in [1.29, 1.82) is 0 Å². The quantitative estimate of drug-likeness (QED) is 0.231. The lowest BCUT2D eigenvalue weighted by atomic mass is 10.0. The molecule has 2 heterocycles. The van der Waals surface area contributed by atoms with Crippen LogP contribution in [0, 0.1) is 5.82 Å². The normalized spacial score (nSPS) is 14.2. The summed E-state index contributed by atoms with van der Waals surface area (Å²) < 4.78 is 30.8. The number of aromatic nitrogens is 1. The molecule has 0 aliphatic carbocycles. The molecule has 0 saturated carbocycles. The first kappa shape index (κ1) is 31.8. The minimum absolute atomic E-state index is 0.0937. The molecule has 3 N–H and O–H groups in total. The number of nitrogens with one attached hydrogen (secondary N) is 1. The second-order valence-corrected chi connectivity index (χ2v) is 11.8. The van der Waals surface area contributed by atoms with Crippen molar-refractivity contribution in [3.05, 3.63) is 78.2 Å². The van der Waals surface area contributed by atoms with E-state index in [1.807, 2.05) is 37.3 Å². The standard InChI is InChI=1S/C30H34FN4O7P/c1-2-3-17-42-30(38)35-15-13-34(14-16-35)29(37)27(20-43(39,40)41)33-28(36)26-19-23(21-7-5-4-6-8-21)18-25(32-26)22-9-11-24(31)12-10-22/h4-12,18-19,27H,2-3,13-17,20H2,1H3,(H,33,36)(H2,39,40,41)/t27-/m0/s1. The van der Waals surface area contributed by atoms with Crippen molar-refractivity contribution in [2.45, 2.75) is 25.8 Å². The fraction of sp³-hybridized carbons (Fsp3) is 0.333. The van der Waals surface area contributed by atoms with Crippen LogP contribution < -0.4 is 5.32 Å². The number of unbranched alkanes of at least 4 members (excludes halogenated alkanes) is 1. The summed E-state index contributed by atoms with van der Waals surface area (Å²) in [5.41, 5.74) is 2.22. The topological polar surface area (TPSA) is 149 Å². The molecule has 4 rings (SSSR count). The van der Waals surface area contributed by atoms with Crippen LogP contribution in [0.2, 0.25) is 0 Å². The Morgan fingerprint density at radius 2 is 1.60 bits per heavy atom. The molecule has 1 aromatic heterocycles. The zero-order valence-electron chi connectivity index (χ0n) is 23.7. The van der Waals surface area contributed by atoms with Crippen molar-refractivity contribution in [2.24, 2.45) is 0 Å². The Morgan fingerprint density at radius 1 is 0.953 bits per heavy atom. The predicted molar refractivity (Wildman–Crippen MR) is 158 cm³/mol. The molecule has 1 aliphatic rings. The average Bonchev–Trinajstić information content (AvgIpc) is 3.00. The first-order chi connectivity index (χ1) is 20.5. The summed E-state index contributed by atoms with van der Waals surface area (Å²) in [6.07, 6.45) is 0.214. The maximum atomic E-state index is 13.6. The lowest BCUT2D eigenvalue weighted by molar-refractivity contribution is -0.134. The maximum absolute atomic E-state index is 13.6. The van der Waals surface area contributed by atoms with Gasteiger partial charge in [-0.15, -0.1) is 0 Å². The molecule has 0 bridgehead atoms. The van der Waals surface area contributed by atoms with Crippen molar-refractivity contribution in [3.63, 3.8) is 0 Å². The number of hydrogen-bond donors (Lipinski definition) is 3. The second kappa shape index (κ2) is 14.4. The van der Waals surface area contributed by atoms with Gasteiger partial charge in [-0.2, -0.15) is 0 Å². The van der Waals surface area contributed by atoms with Gasteiger partial charge in [-0.1, -0.05) is 43.7 Å². The molecule has 1 saturated heterocycles. The second-order valence-electron chi connectivity index (χ2n) is 10.2. The molecule has 0 spiro atoms. The lowest BCUT2D eigenvalue weighted by Gasteiger charge is -2.36. The van der Waals surface area contributed by atoms with E-state index in [-0.39, 0.29) is 31.9 Å². The Labute approximate surface area is 248 Å². The van der Waals surface area contributed by atoms with Gasteiger partial charge in [0.15, 0.2) is 0 Å². The SMILES string of the molecule is CCCCOC(=O)N1CCN(C(=O)[C@H](CP(=O)(O)O)NC(=O)c2cc(-c3ccccc3)cc(-c3ccc(F)cc3)n2)CC1. The highest BCUT2D eigenvalue weighted by molar-refractivity contribution is 7.51. The van der Waals surface area contributed by atoms with Gasteiger partial charge in [0.25, 0.3) is 5.91 Å². The molecule has 228 valence electrons. The number of carbonyl (C=O) groups excluding carboxylic acids is 3. The highest BCUT2D eigenvalue weighted by Gasteiger charge is 2.35. The van der Waals surface area contributed by atoms with Gasteiger partial charge in [-0.05, 0) is 53.9 Å². The van der Waals surface area contributed by atoms with Crippen molar-refractivity contribution in [1.82, 2.24) is 20.1 Å². The first-order valence-electron chi connectivity index (χ1n) is 13.9. The third kappa shape index (κ3) is 8.93. The summed E-state index contributed by atoms with van der Waals surface area (Å²) in [6.45, 7) is 2.83. The summed E-state index contributed by atoms with van der Waals surface area (Å²) >= 11 is 0. The number of amides is 3. The van der Waals surface area contributed by atoms with Crippen molar-refractivity contribution in [2.75, 3.05) is 38.9 Å². The number of ether oxygens (including phenoxy) is 1. The summed E-state index contributed by atoms with van der Waals surface area (Å²) in [5.74, 6) is -1.94. The number of hydrogen-bond acceptors (Lipinski definition) is 6. The highest BCUT2D eigenvalue weighted by atomic mass is 31.2. The van der Waals surface area contributed by atoms with E-state index in [0.29, 0.717) is 23.4 Å². The highest BCUT2D eigenvalue weighted by Crippen LogP contribution is 2.35. The molecule has 3 amide bonds. The molecule has 11 nitrogen and oxygen atoms in total. The van der Waals surface area contributed by atoms with Gasteiger partial charge in [-0.3, -0.25) is 14.2 Å². The summed E-state index contributed by atoms with van der Waals surface area (Å²) in [7, 11) is -4.74. The van der Waals surface area contributed by atoms with E-state index in [9.17, 15) is 33.1 Å². The van der Waals surface area contributed by atoms with Gasteiger partial charge in [0.1, 0.15) is 17.6 Å². The van der Waals surface area contributed by atoms with Gasteiger partial charge < -0.3 is 29.6 Å². The van der Waals surface area contributed by atoms with Crippen LogP contribution in [-0.4, -0.2) is 87.5 Å². The number of halogens is 1. The van der Waals surface area contributed by atoms with Crippen LogP contribution in [0.4, 0.5) is 9.18 Å². The van der Waals surface area contributed by atoms with Gasteiger partial charge >= 0.3 is 13.7 Å². The minimum atomic E-state index is -4.74. The minimum Gasteiger partial charge on any atom is -0.449 e. The van der Waals surface area contributed by atoms with Crippen LogP contribution in [0.25, 0.3) is 22.4 Å². The van der Waals surface area contributed by atoms with Crippen LogP contribution >= 0.6 is 7.60 Å². The molecule has 3 aromatic rings. The zero-order valence-corrected chi connectivity index (χ0v) is 24.6. The maximum Gasteiger partial charge on any atom is 0.409 e. The number of carbonyl (C=O) groups is 3. The molecule has 13 heteroatoms. The third-order valence-corrected chi connectivity index (χ3v) is 7.74. The Balaban J connectivity index is 1.55. The van der Waals surface area contributed by atoms with E-state index in [2.05, 4.69) is 10.3 Å². The molecule has 1 fully saturated rings. The Bertz CT molecular complexity index is 1480. The summed E-state index contributed by atoms with van der Waals surface area (Å²) in [5, 5.41) is 2.47. The Kier molecular flexibility index (Phi) is 10.6. The Hall–Kier alpha value is -4.12. The van der Waals surface area contributed by atoms with Crippen LogP contribution in [0.15, 0.2) is 66.7 Å². The molecule has 1 aliphatic heterocycles. The van der Waals surface area contributed by atoms with Gasteiger partial charge in [0.2, 0.25) is 5.91 Å². The van der Waals surface area contributed by atoms with E-state index >= 15 is 0 Å². The van der Waals surface area contributed by atoms with E-state index in [1.54, 1.807) is 6.07 Å². The zero-order chi connectivity index (χ0) is 31.0. The van der Waals surface area contributed by atoms with E-state index in [0.717, 1.165) is 18.4 Å². The fourth-order valence-electron chi connectivity index (χ4n) is 4.59. The molecular weight excluding hydrogens is 578 g/mol. The van der Waals surface area contributed by atoms with Crippen molar-refractivity contribution >= 4 is 25.5 Å². The van der Waals surface area contributed by atoms with E-state index < -0.39 is 43.5 Å². The molecular formula is C30H34FN4O7P. The number of piperazine rings is 1. The van der Waals surface area contributed by atoms with Crippen LogP contribution in [0.3, 0.4) is 0 Å².